The van der Waals surface area contributed by atoms with E-state index in [1.54, 1.807) is 11.9 Å². The summed E-state index contributed by atoms with van der Waals surface area (Å²) in [6, 6.07) is 0. The Bertz CT molecular complexity index is 487. The molecule has 0 aliphatic heterocycles. The van der Waals surface area contributed by atoms with Crippen molar-refractivity contribution in [1.82, 2.24) is 9.97 Å². The summed E-state index contributed by atoms with van der Waals surface area (Å²) >= 11 is 0. The molecule has 0 bridgehead atoms. The standard InChI is InChI=1S/C11H17N5O3/c1-15(6-11(17)4-2-3-5-11)10-8(16(18)19)9(12)13-7-14-10/h7,17H,2-6H2,1H3,(H2,12,13,14). The van der Waals surface area contributed by atoms with Crippen molar-refractivity contribution in [2.45, 2.75) is 31.3 Å². The molecule has 1 aliphatic rings. The second-order valence-electron chi connectivity index (χ2n) is 4.98. The fraction of sp³-hybridized carbons (Fsp3) is 0.636. The molecule has 0 unspecified atom stereocenters. The van der Waals surface area contributed by atoms with Gasteiger partial charge in [-0.05, 0) is 12.8 Å². The molecule has 0 spiro atoms. The van der Waals surface area contributed by atoms with E-state index >= 15 is 0 Å². The molecule has 1 aliphatic carbocycles. The molecule has 0 amide bonds. The molecule has 1 aromatic heterocycles. The lowest BCUT2D eigenvalue weighted by Crippen LogP contribution is -2.39. The predicted molar refractivity (Wildman–Crippen MR) is 69.8 cm³/mol. The van der Waals surface area contributed by atoms with E-state index in [1.165, 1.54) is 6.33 Å². The second-order valence-corrected chi connectivity index (χ2v) is 4.98. The topological polar surface area (TPSA) is 118 Å². The quantitative estimate of drug-likeness (QED) is 0.609. The Hall–Kier alpha value is -1.96. The average molecular weight is 267 g/mol. The maximum atomic E-state index is 11.0. The lowest BCUT2D eigenvalue weighted by Gasteiger charge is -2.28. The fourth-order valence-corrected chi connectivity index (χ4v) is 2.54. The Labute approximate surface area is 110 Å². The number of likely N-dealkylation sites (N-methyl/N-ethyl adjacent to an activating group) is 1. The van der Waals surface area contributed by atoms with Crippen LogP contribution in [0.3, 0.4) is 0 Å². The first-order valence-corrected chi connectivity index (χ1v) is 6.11. The van der Waals surface area contributed by atoms with Gasteiger partial charge in [0.1, 0.15) is 6.33 Å². The lowest BCUT2D eigenvalue weighted by molar-refractivity contribution is -0.383. The number of nitrogen functional groups attached to an aromatic ring is 1. The fourth-order valence-electron chi connectivity index (χ4n) is 2.54. The van der Waals surface area contributed by atoms with Gasteiger partial charge in [-0.3, -0.25) is 10.1 Å². The van der Waals surface area contributed by atoms with Crippen molar-refractivity contribution in [3.05, 3.63) is 16.4 Å². The largest absolute Gasteiger partial charge is 0.388 e. The van der Waals surface area contributed by atoms with Gasteiger partial charge >= 0.3 is 5.69 Å². The van der Waals surface area contributed by atoms with Crippen LogP contribution in [0.25, 0.3) is 0 Å². The minimum Gasteiger partial charge on any atom is -0.388 e. The number of nitro groups is 1. The molecule has 104 valence electrons. The molecule has 1 heterocycles. The number of rotatable bonds is 4. The van der Waals surface area contributed by atoms with E-state index in [0.29, 0.717) is 19.4 Å². The van der Waals surface area contributed by atoms with Crippen molar-refractivity contribution in [1.29, 1.82) is 0 Å². The van der Waals surface area contributed by atoms with Gasteiger partial charge in [0.2, 0.25) is 11.6 Å². The number of nitrogens with zero attached hydrogens (tertiary/aromatic N) is 4. The number of hydrogen-bond donors (Lipinski definition) is 2. The van der Waals surface area contributed by atoms with Crippen LogP contribution in [-0.2, 0) is 0 Å². The van der Waals surface area contributed by atoms with Crippen LogP contribution in [0.15, 0.2) is 6.33 Å². The van der Waals surface area contributed by atoms with Gasteiger partial charge < -0.3 is 15.7 Å². The minimum absolute atomic E-state index is 0.137. The molecule has 8 nitrogen and oxygen atoms in total. The molecule has 0 saturated heterocycles. The van der Waals surface area contributed by atoms with Crippen LogP contribution >= 0.6 is 0 Å². The summed E-state index contributed by atoms with van der Waals surface area (Å²) in [5, 5.41) is 21.4. The highest BCUT2D eigenvalue weighted by molar-refractivity contribution is 5.68. The summed E-state index contributed by atoms with van der Waals surface area (Å²) in [5.74, 6) is -0.0295. The summed E-state index contributed by atoms with van der Waals surface area (Å²) in [5.41, 5.74) is 4.40. The van der Waals surface area contributed by atoms with Crippen LogP contribution in [0, 0.1) is 10.1 Å². The van der Waals surface area contributed by atoms with Gasteiger partial charge in [-0.25, -0.2) is 9.97 Å². The molecule has 0 aromatic carbocycles. The van der Waals surface area contributed by atoms with Crippen molar-refractivity contribution >= 4 is 17.3 Å². The van der Waals surface area contributed by atoms with Crippen LogP contribution in [0.4, 0.5) is 17.3 Å². The Balaban J connectivity index is 2.26. The maximum Gasteiger partial charge on any atom is 0.353 e. The third kappa shape index (κ3) is 2.73. The van der Waals surface area contributed by atoms with Gasteiger partial charge in [-0.2, -0.15) is 0 Å². The minimum atomic E-state index is -0.803. The van der Waals surface area contributed by atoms with E-state index in [1.807, 2.05) is 0 Å². The lowest BCUT2D eigenvalue weighted by atomic mass is 10.0. The van der Waals surface area contributed by atoms with E-state index in [-0.39, 0.29) is 17.3 Å². The van der Waals surface area contributed by atoms with Gasteiger partial charge in [0, 0.05) is 13.6 Å². The van der Waals surface area contributed by atoms with E-state index in [0.717, 1.165) is 12.8 Å². The van der Waals surface area contributed by atoms with Crippen molar-refractivity contribution in [2.24, 2.45) is 0 Å². The van der Waals surface area contributed by atoms with Crippen molar-refractivity contribution in [3.8, 4) is 0 Å². The van der Waals surface area contributed by atoms with Gasteiger partial charge in [0.25, 0.3) is 0 Å². The third-order valence-electron chi connectivity index (χ3n) is 3.44. The zero-order chi connectivity index (χ0) is 14.0. The van der Waals surface area contributed by atoms with Gasteiger partial charge in [0.15, 0.2) is 0 Å². The average Bonchev–Trinajstić information content (AvgIpc) is 2.74. The van der Waals surface area contributed by atoms with Crippen LogP contribution in [0.1, 0.15) is 25.7 Å². The number of nitrogens with two attached hydrogens (primary N) is 1. The molecule has 3 N–H and O–H groups in total. The van der Waals surface area contributed by atoms with Crippen LogP contribution in [-0.4, -0.2) is 39.2 Å². The summed E-state index contributed by atoms with van der Waals surface area (Å²) < 4.78 is 0. The Morgan fingerprint density at radius 2 is 2.16 bits per heavy atom. The highest BCUT2D eigenvalue weighted by Gasteiger charge is 2.34. The molecule has 19 heavy (non-hydrogen) atoms. The first-order valence-electron chi connectivity index (χ1n) is 6.11. The Morgan fingerprint density at radius 1 is 1.53 bits per heavy atom. The number of anilines is 2. The number of hydrogen-bond acceptors (Lipinski definition) is 7. The van der Waals surface area contributed by atoms with Crippen LogP contribution in [0.2, 0.25) is 0 Å². The molecular weight excluding hydrogens is 250 g/mol. The van der Waals surface area contributed by atoms with Gasteiger partial charge in [0.05, 0.1) is 10.5 Å². The first kappa shape index (κ1) is 13.5. The highest BCUT2D eigenvalue weighted by atomic mass is 16.6. The molecule has 1 fully saturated rings. The van der Waals surface area contributed by atoms with Gasteiger partial charge in [-0.15, -0.1) is 0 Å². The maximum absolute atomic E-state index is 11.0. The van der Waals surface area contributed by atoms with Gasteiger partial charge in [-0.1, -0.05) is 12.8 Å². The summed E-state index contributed by atoms with van der Waals surface area (Å²) in [4.78, 5) is 19.5. The zero-order valence-corrected chi connectivity index (χ0v) is 10.7. The molecule has 0 atom stereocenters. The van der Waals surface area contributed by atoms with E-state index in [4.69, 9.17) is 5.73 Å². The van der Waals surface area contributed by atoms with Crippen LogP contribution < -0.4 is 10.6 Å². The van der Waals surface area contributed by atoms with Crippen molar-refractivity contribution in [3.63, 3.8) is 0 Å². The molecular formula is C11H17N5O3. The van der Waals surface area contributed by atoms with Crippen molar-refractivity contribution in [2.75, 3.05) is 24.2 Å². The zero-order valence-electron chi connectivity index (χ0n) is 10.7. The van der Waals surface area contributed by atoms with E-state index in [2.05, 4.69) is 9.97 Å². The smallest absolute Gasteiger partial charge is 0.353 e. The third-order valence-corrected chi connectivity index (χ3v) is 3.44. The highest BCUT2D eigenvalue weighted by Crippen LogP contribution is 2.34. The SMILES string of the molecule is CN(CC1(O)CCCC1)c1ncnc(N)c1[N+](=O)[O-]. The summed E-state index contributed by atoms with van der Waals surface area (Å²) in [6.45, 7) is 0.296. The Kier molecular flexibility index (Phi) is 3.52. The molecule has 1 aromatic rings. The van der Waals surface area contributed by atoms with E-state index < -0.39 is 10.5 Å². The monoisotopic (exact) mass is 267 g/mol. The Morgan fingerprint density at radius 3 is 2.74 bits per heavy atom. The molecule has 2 rings (SSSR count). The summed E-state index contributed by atoms with van der Waals surface area (Å²) in [7, 11) is 1.66. The van der Waals surface area contributed by atoms with Crippen molar-refractivity contribution < 1.29 is 10.0 Å². The number of aromatic nitrogens is 2. The molecule has 8 heteroatoms. The first-order chi connectivity index (χ1) is 8.93. The number of aliphatic hydroxyl groups is 1. The molecule has 0 radical (unpaired) electrons. The van der Waals surface area contributed by atoms with E-state index in [9.17, 15) is 15.2 Å². The molecule has 1 saturated carbocycles. The second kappa shape index (κ2) is 4.96. The normalized spacial score (nSPS) is 17.4. The summed E-state index contributed by atoms with van der Waals surface area (Å²) in [6.07, 6.45) is 4.53. The van der Waals surface area contributed by atoms with Crippen LogP contribution in [0.5, 0.6) is 0 Å². The predicted octanol–water partition coefficient (Wildman–Crippen LogP) is 0.708.